The Morgan fingerprint density at radius 3 is 2.67 bits per heavy atom. The number of imidazole rings is 1. The van der Waals surface area contributed by atoms with E-state index >= 15 is 0 Å². The summed E-state index contributed by atoms with van der Waals surface area (Å²) in [6.07, 6.45) is 2.46. The third-order valence-electron chi connectivity index (χ3n) is 2.12. The van der Waals surface area contributed by atoms with Crippen molar-refractivity contribution in [3.8, 4) is 0 Å². The van der Waals surface area contributed by atoms with Crippen LogP contribution in [0.15, 0.2) is 12.5 Å². The highest BCUT2D eigenvalue weighted by atomic mass is 16.4. The van der Waals surface area contributed by atoms with E-state index in [-0.39, 0.29) is 0 Å². The number of nitrogens with zero attached hydrogens (tertiary/aromatic N) is 2. The third kappa shape index (κ3) is 2.55. The Balaban J connectivity index is 2.98. The summed E-state index contributed by atoms with van der Waals surface area (Å²) >= 11 is 0. The van der Waals surface area contributed by atoms with Crippen molar-refractivity contribution in [1.29, 1.82) is 0 Å². The first-order valence-electron chi connectivity index (χ1n) is 4.50. The van der Waals surface area contributed by atoms with E-state index in [1.807, 2.05) is 6.92 Å². The minimum Gasteiger partial charge on any atom is -0.481 e. The van der Waals surface area contributed by atoms with Crippen molar-refractivity contribution in [2.75, 3.05) is 0 Å². The fourth-order valence-corrected chi connectivity index (χ4v) is 1.38. The maximum absolute atomic E-state index is 10.9. The summed E-state index contributed by atoms with van der Waals surface area (Å²) in [6, 6.07) is 0. The second kappa shape index (κ2) is 4.59. The van der Waals surface area contributed by atoms with Gasteiger partial charge in [0.1, 0.15) is 5.92 Å². The molecule has 0 aliphatic carbocycles. The molecule has 1 aromatic heterocycles. The van der Waals surface area contributed by atoms with Crippen LogP contribution in [0.1, 0.15) is 25.0 Å². The predicted molar refractivity (Wildman–Crippen MR) is 50.5 cm³/mol. The molecule has 1 unspecified atom stereocenters. The molecular weight excluding hydrogens is 200 g/mol. The van der Waals surface area contributed by atoms with Crippen molar-refractivity contribution in [1.82, 2.24) is 9.55 Å². The van der Waals surface area contributed by atoms with Crippen LogP contribution in [-0.2, 0) is 16.1 Å². The van der Waals surface area contributed by atoms with E-state index in [4.69, 9.17) is 10.2 Å². The Hall–Kier alpha value is -1.85. The van der Waals surface area contributed by atoms with E-state index in [1.54, 1.807) is 4.57 Å². The topological polar surface area (TPSA) is 92.4 Å². The van der Waals surface area contributed by atoms with Gasteiger partial charge in [-0.2, -0.15) is 0 Å². The number of hydrogen-bond donors (Lipinski definition) is 2. The average molecular weight is 212 g/mol. The van der Waals surface area contributed by atoms with Crippen LogP contribution in [0.2, 0.25) is 0 Å². The molecule has 1 atom stereocenters. The summed E-state index contributed by atoms with van der Waals surface area (Å²) in [5.74, 6) is -3.32. The zero-order valence-electron chi connectivity index (χ0n) is 8.25. The number of carbonyl (C=O) groups is 2. The number of aromatic nitrogens is 2. The predicted octanol–water partition coefficient (Wildman–Crippen LogP) is 0.546. The van der Waals surface area contributed by atoms with Gasteiger partial charge < -0.3 is 14.8 Å². The van der Waals surface area contributed by atoms with E-state index in [9.17, 15) is 9.59 Å². The molecule has 0 radical (unpaired) electrons. The lowest BCUT2D eigenvalue weighted by molar-refractivity contribution is -0.145. The lowest BCUT2D eigenvalue weighted by atomic mass is 10.0. The molecule has 0 amide bonds. The molecule has 0 aromatic carbocycles. The smallest absolute Gasteiger partial charge is 0.313 e. The number of carboxylic acid groups (broad SMARTS) is 2. The molecule has 6 heteroatoms. The number of aliphatic carboxylic acids is 2. The summed E-state index contributed by atoms with van der Waals surface area (Å²) in [7, 11) is 0. The standard InChI is InChI=1S/C9H12N2O4/c1-2-11-5-10-4-7(11)6(9(14)15)3-8(12)13/h4-6H,2-3H2,1H3,(H,12,13)(H,14,15). The van der Waals surface area contributed by atoms with E-state index in [0.717, 1.165) is 0 Å². The largest absolute Gasteiger partial charge is 0.481 e. The molecule has 1 heterocycles. The maximum atomic E-state index is 10.9. The minimum absolute atomic E-state index is 0.424. The molecule has 0 fully saturated rings. The highest BCUT2D eigenvalue weighted by Crippen LogP contribution is 2.19. The zero-order valence-corrected chi connectivity index (χ0v) is 8.25. The SMILES string of the molecule is CCn1cncc1C(CC(=O)O)C(=O)O. The maximum Gasteiger partial charge on any atom is 0.313 e. The van der Waals surface area contributed by atoms with E-state index in [2.05, 4.69) is 4.98 Å². The normalized spacial score (nSPS) is 12.3. The molecule has 0 spiro atoms. The lowest BCUT2D eigenvalue weighted by Gasteiger charge is -2.11. The Kier molecular flexibility index (Phi) is 3.43. The zero-order chi connectivity index (χ0) is 11.4. The molecule has 0 bridgehead atoms. The fourth-order valence-electron chi connectivity index (χ4n) is 1.38. The van der Waals surface area contributed by atoms with E-state index in [1.165, 1.54) is 12.5 Å². The van der Waals surface area contributed by atoms with Crippen LogP contribution >= 0.6 is 0 Å². The summed E-state index contributed by atoms with van der Waals surface area (Å²) in [5, 5.41) is 17.5. The van der Waals surface area contributed by atoms with Crippen LogP contribution in [0, 0.1) is 0 Å². The highest BCUT2D eigenvalue weighted by Gasteiger charge is 2.25. The second-order valence-electron chi connectivity index (χ2n) is 3.09. The van der Waals surface area contributed by atoms with Crippen LogP contribution in [0.4, 0.5) is 0 Å². The summed E-state index contributed by atoms with van der Waals surface area (Å²) in [4.78, 5) is 25.2. The van der Waals surface area contributed by atoms with Crippen molar-refractivity contribution in [2.45, 2.75) is 25.8 Å². The van der Waals surface area contributed by atoms with Crippen molar-refractivity contribution >= 4 is 11.9 Å². The van der Waals surface area contributed by atoms with Crippen LogP contribution < -0.4 is 0 Å². The van der Waals surface area contributed by atoms with Gasteiger partial charge in [-0.25, -0.2) is 4.98 Å². The van der Waals surface area contributed by atoms with Gasteiger partial charge >= 0.3 is 11.9 Å². The van der Waals surface area contributed by atoms with Crippen molar-refractivity contribution in [3.63, 3.8) is 0 Å². The first-order valence-corrected chi connectivity index (χ1v) is 4.50. The number of rotatable bonds is 5. The van der Waals surface area contributed by atoms with E-state index in [0.29, 0.717) is 12.2 Å². The van der Waals surface area contributed by atoms with Gasteiger partial charge in [0.05, 0.1) is 18.4 Å². The van der Waals surface area contributed by atoms with Crippen LogP contribution in [-0.4, -0.2) is 31.7 Å². The number of hydrogen-bond acceptors (Lipinski definition) is 3. The Bertz CT molecular complexity index is 372. The van der Waals surface area contributed by atoms with Gasteiger partial charge in [0.15, 0.2) is 0 Å². The summed E-state index contributed by atoms with van der Waals surface area (Å²) in [6.45, 7) is 2.41. The molecule has 82 valence electrons. The summed E-state index contributed by atoms with van der Waals surface area (Å²) < 4.78 is 1.63. The summed E-state index contributed by atoms with van der Waals surface area (Å²) in [5.41, 5.74) is 0.424. The second-order valence-corrected chi connectivity index (χ2v) is 3.09. The highest BCUT2D eigenvalue weighted by molar-refractivity contribution is 5.81. The molecule has 0 aliphatic heterocycles. The fraction of sp³-hybridized carbons (Fsp3) is 0.444. The molecule has 1 rings (SSSR count). The number of aryl methyl sites for hydroxylation is 1. The van der Waals surface area contributed by atoms with Gasteiger partial charge in [-0.15, -0.1) is 0 Å². The van der Waals surface area contributed by atoms with Gasteiger partial charge in [0.25, 0.3) is 0 Å². The van der Waals surface area contributed by atoms with E-state index < -0.39 is 24.3 Å². The molecule has 0 saturated carbocycles. The van der Waals surface area contributed by atoms with Crippen LogP contribution in [0.5, 0.6) is 0 Å². The van der Waals surface area contributed by atoms with Gasteiger partial charge in [-0.3, -0.25) is 9.59 Å². The first kappa shape index (κ1) is 11.2. The van der Waals surface area contributed by atoms with Gasteiger partial charge in [0.2, 0.25) is 0 Å². The third-order valence-corrected chi connectivity index (χ3v) is 2.12. The van der Waals surface area contributed by atoms with Crippen LogP contribution in [0.25, 0.3) is 0 Å². The van der Waals surface area contributed by atoms with Gasteiger partial charge in [-0.05, 0) is 6.92 Å². The van der Waals surface area contributed by atoms with Crippen molar-refractivity contribution < 1.29 is 19.8 Å². The van der Waals surface area contributed by atoms with Gasteiger partial charge in [-0.1, -0.05) is 0 Å². The van der Waals surface area contributed by atoms with Crippen molar-refractivity contribution in [3.05, 3.63) is 18.2 Å². The minimum atomic E-state index is -1.15. The molecule has 6 nitrogen and oxygen atoms in total. The molecule has 0 saturated heterocycles. The Morgan fingerprint density at radius 1 is 1.53 bits per heavy atom. The number of carboxylic acids is 2. The lowest BCUT2D eigenvalue weighted by Crippen LogP contribution is -2.18. The van der Waals surface area contributed by atoms with Crippen molar-refractivity contribution in [2.24, 2.45) is 0 Å². The molecule has 15 heavy (non-hydrogen) atoms. The Labute approximate surface area is 86.2 Å². The molecule has 1 aromatic rings. The first-order chi connectivity index (χ1) is 7.06. The molecular formula is C9H12N2O4. The quantitative estimate of drug-likeness (QED) is 0.743. The molecule has 0 aliphatic rings. The van der Waals surface area contributed by atoms with Gasteiger partial charge in [0, 0.05) is 12.7 Å². The van der Waals surface area contributed by atoms with Crippen LogP contribution in [0.3, 0.4) is 0 Å². The monoisotopic (exact) mass is 212 g/mol. The Morgan fingerprint density at radius 2 is 2.20 bits per heavy atom. The average Bonchev–Trinajstić information content (AvgIpc) is 2.60. The molecule has 2 N–H and O–H groups in total.